The van der Waals surface area contributed by atoms with Crippen molar-refractivity contribution in [2.75, 3.05) is 13.1 Å². The third kappa shape index (κ3) is 3.22. The molecule has 0 aliphatic carbocycles. The predicted molar refractivity (Wildman–Crippen MR) is 58.3 cm³/mol. The third-order valence-corrected chi connectivity index (χ3v) is 2.48. The zero-order chi connectivity index (χ0) is 11.4. The molecule has 0 radical (unpaired) electrons. The van der Waals surface area contributed by atoms with E-state index in [0.717, 1.165) is 12.8 Å². The molecule has 1 fully saturated rings. The minimum Gasteiger partial charge on any atom is -0.343 e. The average molecular weight is 212 g/mol. The molecule has 1 saturated heterocycles. The summed E-state index contributed by atoms with van der Waals surface area (Å²) in [5, 5.41) is 2.76. The Hall–Kier alpha value is -1.06. The minimum atomic E-state index is -0.308. The highest BCUT2D eigenvalue weighted by Gasteiger charge is 2.32. The first kappa shape index (κ1) is 12.0. The highest BCUT2D eigenvalue weighted by molar-refractivity contribution is 5.94. The van der Waals surface area contributed by atoms with Crippen LogP contribution in [0.15, 0.2) is 0 Å². The van der Waals surface area contributed by atoms with E-state index in [-0.39, 0.29) is 24.4 Å². The molecule has 0 aromatic heterocycles. The Morgan fingerprint density at radius 1 is 1.47 bits per heavy atom. The molecule has 1 rings (SSSR count). The molecule has 1 aliphatic rings. The van der Waals surface area contributed by atoms with Crippen LogP contribution in [0.2, 0.25) is 0 Å². The van der Waals surface area contributed by atoms with Gasteiger partial charge in [-0.25, -0.2) is 0 Å². The number of carbonyl (C=O) groups is 2. The minimum absolute atomic E-state index is 0.0336. The fraction of sp³-hybridized carbons (Fsp3) is 0.818. The summed E-state index contributed by atoms with van der Waals surface area (Å²) in [6, 6.07) is -0.308. The summed E-state index contributed by atoms with van der Waals surface area (Å²) in [6.45, 7) is 7.02. The maximum atomic E-state index is 11.9. The molecule has 4 heteroatoms. The van der Waals surface area contributed by atoms with Gasteiger partial charge in [0.2, 0.25) is 11.8 Å². The van der Waals surface area contributed by atoms with E-state index in [1.165, 1.54) is 0 Å². The molecule has 1 heterocycles. The van der Waals surface area contributed by atoms with E-state index in [9.17, 15) is 9.59 Å². The molecule has 4 nitrogen and oxygen atoms in total. The first-order valence-electron chi connectivity index (χ1n) is 5.62. The topological polar surface area (TPSA) is 49.4 Å². The van der Waals surface area contributed by atoms with Gasteiger partial charge < -0.3 is 10.2 Å². The van der Waals surface area contributed by atoms with Crippen LogP contribution in [0.4, 0.5) is 0 Å². The molecule has 1 unspecified atom stereocenters. The second-order valence-electron chi connectivity index (χ2n) is 4.51. The second kappa shape index (κ2) is 5.14. The molecule has 1 aliphatic heterocycles. The van der Waals surface area contributed by atoms with E-state index in [2.05, 4.69) is 19.2 Å². The van der Waals surface area contributed by atoms with Crippen molar-refractivity contribution >= 4 is 11.8 Å². The quantitative estimate of drug-likeness (QED) is 0.748. The summed E-state index contributed by atoms with van der Waals surface area (Å²) in [5.41, 5.74) is 0. The number of piperazine rings is 1. The lowest BCUT2D eigenvalue weighted by molar-refractivity contribution is -0.144. The van der Waals surface area contributed by atoms with Crippen LogP contribution >= 0.6 is 0 Å². The maximum Gasteiger partial charge on any atom is 0.245 e. The summed E-state index contributed by atoms with van der Waals surface area (Å²) in [7, 11) is 0. The van der Waals surface area contributed by atoms with Crippen molar-refractivity contribution in [2.45, 2.75) is 39.7 Å². The van der Waals surface area contributed by atoms with Gasteiger partial charge in [0.1, 0.15) is 6.04 Å². The van der Waals surface area contributed by atoms with Crippen molar-refractivity contribution in [3.63, 3.8) is 0 Å². The molecular weight excluding hydrogens is 192 g/mol. The van der Waals surface area contributed by atoms with Crippen LogP contribution in [0.25, 0.3) is 0 Å². The zero-order valence-corrected chi connectivity index (χ0v) is 9.75. The van der Waals surface area contributed by atoms with E-state index >= 15 is 0 Å². The van der Waals surface area contributed by atoms with Gasteiger partial charge in [0, 0.05) is 6.54 Å². The smallest absolute Gasteiger partial charge is 0.245 e. The van der Waals surface area contributed by atoms with Crippen LogP contribution in [0.1, 0.15) is 33.6 Å². The number of carbonyl (C=O) groups excluding carboxylic acids is 2. The molecule has 15 heavy (non-hydrogen) atoms. The lowest BCUT2D eigenvalue weighted by Crippen LogP contribution is -2.58. The number of rotatable bonds is 4. The van der Waals surface area contributed by atoms with Gasteiger partial charge in [-0.15, -0.1) is 0 Å². The number of hydrogen-bond acceptors (Lipinski definition) is 2. The van der Waals surface area contributed by atoms with Crippen molar-refractivity contribution in [1.29, 1.82) is 0 Å². The number of nitrogens with zero attached hydrogens (tertiary/aromatic N) is 1. The summed E-state index contributed by atoms with van der Waals surface area (Å²) in [6.07, 6.45) is 1.62. The lowest BCUT2D eigenvalue weighted by atomic mass is 10.0. The third-order valence-electron chi connectivity index (χ3n) is 2.48. The van der Waals surface area contributed by atoms with E-state index in [4.69, 9.17) is 0 Å². The largest absolute Gasteiger partial charge is 0.343 e. The normalized spacial score (nSPS) is 22.1. The lowest BCUT2D eigenvalue weighted by Gasteiger charge is -2.33. The SMILES string of the molecule is CCCN1CC(=O)NC(CC(C)C)C1=O. The van der Waals surface area contributed by atoms with Crippen molar-refractivity contribution < 1.29 is 9.59 Å². The fourth-order valence-electron chi connectivity index (χ4n) is 1.86. The van der Waals surface area contributed by atoms with Gasteiger partial charge in [-0.1, -0.05) is 20.8 Å². The summed E-state index contributed by atoms with van der Waals surface area (Å²) < 4.78 is 0. The molecular formula is C11H20N2O2. The molecule has 1 atom stereocenters. The van der Waals surface area contributed by atoms with Crippen LogP contribution in [0.5, 0.6) is 0 Å². The van der Waals surface area contributed by atoms with E-state index in [1.807, 2.05) is 6.92 Å². The van der Waals surface area contributed by atoms with Crippen molar-refractivity contribution in [3.8, 4) is 0 Å². The molecule has 0 saturated carbocycles. The molecule has 1 N–H and O–H groups in total. The van der Waals surface area contributed by atoms with E-state index in [1.54, 1.807) is 4.90 Å². The van der Waals surface area contributed by atoms with E-state index in [0.29, 0.717) is 12.5 Å². The van der Waals surface area contributed by atoms with Gasteiger partial charge in [0.25, 0.3) is 0 Å². The van der Waals surface area contributed by atoms with Gasteiger partial charge in [0.05, 0.1) is 6.54 Å². The van der Waals surface area contributed by atoms with Gasteiger partial charge >= 0.3 is 0 Å². The number of nitrogens with one attached hydrogen (secondary N) is 1. The van der Waals surface area contributed by atoms with Gasteiger partial charge in [-0.2, -0.15) is 0 Å². The maximum absolute atomic E-state index is 11.9. The molecule has 86 valence electrons. The molecule has 0 aromatic carbocycles. The molecule has 0 aromatic rings. The Kier molecular flexibility index (Phi) is 4.12. The second-order valence-corrected chi connectivity index (χ2v) is 4.51. The Morgan fingerprint density at radius 3 is 2.67 bits per heavy atom. The molecule has 0 bridgehead atoms. The Bertz CT molecular complexity index is 251. The van der Waals surface area contributed by atoms with Crippen molar-refractivity contribution in [3.05, 3.63) is 0 Å². The van der Waals surface area contributed by atoms with Crippen LogP contribution in [0, 0.1) is 5.92 Å². The van der Waals surface area contributed by atoms with Gasteiger partial charge in [-0.3, -0.25) is 9.59 Å². The van der Waals surface area contributed by atoms with E-state index < -0.39 is 0 Å². The molecule has 2 amide bonds. The fourth-order valence-corrected chi connectivity index (χ4v) is 1.86. The van der Waals surface area contributed by atoms with Crippen LogP contribution in [-0.4, -0.2) is 35.8 Å². The zero-order valence-electron chi connectivity index (χ0n) is 9.75. The molecule has 0 spiro atoms. The van der Waals surface area contributed by atoms with Crippen LogP contribution < -0.4 is 5.32 Å². The monoisotopic (exact) mass is 212 g/mol. The highest BCUT2D eigenvalue weighted by Crippen LogP contribution is 2.11. The highest BCUT2D eigenvalue weighted by atomic mass is 16.2. The van der Waals surface area contributed by atoms with Gasteiger partial charge in [0.15, 0.2) is 0 Å². The van der Waals surface area contributed by atoms with Crippen LogP contribution in [0.3, 0.4) is 0 Å². The van der Waals surface area contributed by atoms with Crippen molar-refractivity contribution in [1.82, 2.24) is 10.2 Å². The first-order valence-corrected chi connectivity index (χ1v) is 5.62. The average Bonchev–Trinajstić information content (AvgIpc) is 2.12. The Balaban J connectivity index is 2.63. The summed E-state index contributed by atoms with van der Waals surface area (Å²) in [4.78, 5) is 24.9. The summed E-state index contributed by atoms with van der Waals surface area (Å²) >= 11 is 0. The predicted octanol–water partition coefficient (Wildman–Crippen LogP) is 0.769. The number of hydrogen-bond donors (Lipinski definition) is 1. The van der Waals surface area contributed by atoms with Gasteiger partial charge in [-0.05, 0) is 18.8 Å². The number of amides is 2. The van der Waals surface area contributed by atoms with Crippen LogP contribution in [-0.2, 0) is 9.59 Å². The summed E-state index contributed by atoms with van der Waals surface area (Å²) in [5.74, 6) is 0.458. The van der Waals surface area contributed by atoms with Crippen molar-refractivity contribution in [2.24, 2.45) is 5.92 Å². The Morgan fingerprint density at radius 2 is 2.13 bits per heavy atom. The first-order chi connectivity index (χ1) is 7.04. The Labute approximate surface area is 91.0 Å². The standard InChI is InChI=1S/C11H20N2O2/c1-4-5-13-7-10(14)12-9(11(13)15)6-8(2)3/h8-9H,4-7H2,1-3H3,(H,12,14).